The van der Waals surface area contributed by atoms with E-state index in [2.05, 4.69) is 36.7 Å². The number of aryl methyl sites for hydroxylation is 1. The van der Waals surface area contributed by atoms with Crippen LogP contribution in [0.2, 0.25) is 0 Å². The Kier molecular flexibility index (Phi) is 5.48. The van der Waals surface area contributed by atoms with Gasteiger partial charge in [-0.1, -0.05) is 25.1 Å². The maximum absolute atomic E-state index is 5.53. The molecule has 3 aromatic rings. The number of aromatic nitrogens is 2. The molecule has 6 heteroatoms. The van der Waals surface area contributed by atoms with Crippen molar-refractivity contribution in [2.45, 2.75) is 32.7 Å². The first-order valence-electron chi connectivity index (χ1n) is 10.1. The highest BCUT2D eigenvalue weighted by atomic mass is 16.5. The first-order chi connectivity index (χ1) is 14.6. The molecule has 156 valence electrons. The van der Waals surface area contributed by atoms with Crippen LogP contribution in [0.1, 0.15) is 37.6 Å². The van der Waals surface area contributed by atoms with Gasteiger partial charge in [0.15, 0.2) is 17.3 Å². The number of nitrogens with zero attached hydrogens (tertiary/aromatic N) is 3. The fourth-order valence-electron chi connectivity index (χ4n) is 4.01. The molecule has 2 aromatic carbocycles. The highest BCUT2D eigenvalue weighted by Crippen LogP contribution is 2.42. The van der Waals surface area contributed by atoms with Crippen molar-refractivity contribution in [3.8, 4) is 28.4 Å². The molecule has 1 aromatic heterocycles. The van der Waals surface area contributed by atoms with Crippen LogP contribution >= 0.6 is 0 Å². The summed E-state index contributed by atoms with van der Waals surface area (Å²) in [6.07, 6.45) is 1.63. The molecule has 4 rings (SSSR count). The van der Waals surface area contributed by atoms with Gasteiger partial charge < -0.3 is 14.2 Å². The number of aliphatic imine (C=N–C) groups is 1. The minimum absolute atomic E-state index is 0.0506. The standard InChI is InChI=1S/C24H27N3O3/c1-6-19-23(16-7-10-18(28-3)11-8-16)24-25-15(2)13-20(27(24)26-19)17-9-12-21(29-4)22(14-17)30-5/h7-12,14,20H,6,13H2,1-5H3. The van der Waals surface area contributed by atoms with Gasteiger partial charge in [0.2, 0.25) is 0 Å². The van der Waals surface area contributed by atoms with E-state index in [-0.39, 0.29) is 6.04 Å². The molecule has 1 unspecified atom stereocenters. The van der Waals surface area contributed by atoms with Crippen LogP contribution in [0, 0.1) is 0 Å². The van der Waals surface area contributed by atoms with Crippen molar-refractivity contribution in [1.29, 1.82) is 0 Å². The number of ether oxygens (including phenoxy) is 3. The molecular formula is C24H27N3O3. The molecule has 0 bridgehead atoms. The van der Waals surface area contributed by atoms with Gasteiger partial charge in [-0.3, -0.25) is 0 Å². The molecule has 0 aliphatic carbocycles. The van der Waals surface area contributed by atoms with Crippen molar-refractivity contribution < 1.29 is 14.2 Å². The van der Waals surface area contributed by atoms with E-state index in [1.807, 2.05) is 24.3 Å². The van der Waals surface area contributed by atoms with Gasteiger partial charge in [-0.05, 0) is 48.7 Å². The monoisotopic (exact) mass is 405 g/mol. The fourth-order valence-corrected chi connectivity index (χ4v) is 4.01. The van der Waals surface area contributed by atoms with Crippen molar-refractivity contribution in [3.05, 3.63) is 53.7 Å². The SMILES string of the molecule is CCc1nn2c(c1-c1ccc(OC)cc1)N=C(C)CC2c1ccc(OC)c(OC)c1. The van der Waals surface area contributed by atoms with Crippen molar-refractivity contribution in [3.63, 3.8) is 0 Å². The molecule has 2 heterocycles. The Labute approximate surface area is 177 Å². The van der Waals surface area contributed by atoms with Gasteiger partial charge in [0.25, 0.3) is 0 Å². The smallest absolute Gasteiger partial charge is 0.161 e. The second kappa shape index (κ2) is 8.22. The largest absolute Gasteiger partial charge is 0.497 e. The van der Waals surface area contributed by atoms with Crippen LogP contribution in [0.5, 0.6) is 17.2 Å². The molecule has 1 aliphatic rings. The van der Waals surface area contributed by atoms with E-state index in [1.165, 1.54) is 0 Å². The van der Waals surface area contributed by atoms with E-state index in [4.69, 9.17) is 24.3 Å². The zero-order chi connectivity index (χ0) is 21.3. The van der Waals surface area contributed by atoms with Crippen LogP contribution in [-0.4, -0.2) is 36.8 Å². The molecule has 0 radical (unpaired) electrons. The molecular weight excluding hydrogens is 378 g/mol. The van der Waals surface area contributed by atoms with E-state index in [9.17, 15) is 0 Å². The third kappa shape index (κ3) is 3.43. The number of hydrogen-bond acceptors (Lipinski definition) is 5. The molecule has 0 saturated heterocycles. The summed E-state index contributed by atoms with van der Waals surface area (Å²) >= 11 is 0. The van der Waals surface area contributed by atoms with Crippen LogP contribution in [-0.2, 0) is 6.42 Å². The summed E-state index contributed by atoms with van der Waals surface area (Å²) in [7, 11) is 4.98. The predicted molar refractivity (Wildman–Crippen MR) is 119 cm³/mol. The summed E-state index contributed by atoms with van der Waals surface area (Å²) < 4.78 is 18.3. The molecule has 0 amide bonds. The molecule has 0 spiro atoms. The number of fused-ring (bicyclic) bond motifs is 1. The van der Waals surface area contributed by atoms with Gasteiger partial charge in [-0.2, -0.15) is 5.10 Å². The zero-order valence-electron chi connectivity index (χ0n) is 18.1. The third-order valence-corrected chi connectivity index (χ3v) is 5.54. The van der Waals surface area contributed by atoms with Crippen molar-refractivity contribution in [2.24, 2.45) is 4.99 Å². The van der Waals surface area contributed by atoms with Crippen LogP contribution in [0.15, 0.2) is 47.5 Å². The van der Waals surface area contributed by atoms with E-state index < -0.39 is 0 Å². The molecule has 30 heavy (non-hydrogen) atoms. The average molecular weight is 405 g/mol. The van der Waals surface area contributed by atoms with E-state index in [0.717, 1.165) is 64.0 Å². The first-order valence-corrected chi connectivity index (χ1v) is 10.1. The average Bonchev–Trinajstić information content (AvgIpc) is 3.16. The maximum atomic E-state index is 5.53. The van der Waals surface area contributed by atoms with Crippen LogP contribution in [0.4, 0.5) is 5.82 Å². The molecule has 0 saturated carbocycles. The Bertz CT molecular complexity index is 1080. The van der Waals surface area contributed by atoms with E-state index >= 15 is 0 Å². The second-order valence-corrected chi connectivity index (χ2v) is 7.35. The number of benzene rings is 2. The summed E-state index contributed by atoms with van der Waals surface area (Å²) in [6.45, 7) is 4.21. The second-order valence-electron chi connectivity index (χ2n) is 7.35. The number of rotatable bonds is 6. The minimum Gasteiger partial charge on any atom is -0.497 e. The van der Waals surface area contributed by atoms with Crippen molar-refractivity contribution in [1.82, 2.24) is 9.78 Å². The summed E-state index contributed by atoms with van der Waals surface area (Å²) in [5.74, 6) is 3.17. The molecule has 0 N–H and O–H groups in total. The van der Waals surface area contributed by atoms with Crippen LogP contribution in [0.3, 0.4) is 0 Å². The summed E-state index contributed by atoms with van der Waals surface area (Å²) in [4.78, 5) is 4.92. The van der Waals surface area contributed by atoms with Gasteiger partial charge in [-0.15, -0.1) is 0 Å². The Morgan fingerprint density at radius 3 is 2.33 bits per heavy atom. The maximum Gasteiger partial charge on any atom is 0.161 e. The predicted octanol–water partition coefficient (Wildman–Crippen LogP) is 5.22. The van der Waals surface area contributed by atoms with E-state index in [0.29, 0.717) is 0 Å². The summed E-state index contributed by atoms with van der Waals surface area (Å²) in [5, 5.41) is 4.98. The van der Waals surface area contributed by atoms with Crippen molar-refractivity contribution in [2.75, 3.05) is 21.3 Å². The molecule has 6 nitrogen and oxygen atoms in total. The lowest BCUT2D eigenvalue weighted by molar-refractivity contribution is 0.353. The number of hydrogen-bond donors (Lipinski definition) is 0. The summed E-state index contributed by atoms with van der Waals surface area (Å²) in [6, 6.07) is 14.2. The normalized spacial score (nSPS) is 15.4. The Balaban J connectivity index is 1.85. The van der Waals surface area contributed by atoms with Gasteiger partial charge in [0, 0.05) is 17.7 Å². The Morgan fingerprint density at radius 1 is 0.967 bits per heavy atom. The molecule has 1 aliphatic heterocycles. The van der Waals surface area contributed by atoms with Crippen LogP contribution < -0.4 is 14.2 Å². The molecule has 0 fully saturated rings. The first kappa shape index (κ1) is 20.0. The van der Waals surface area contributed by atoms with Crippen molar-refractivity contribution >= 4 is 11.5 Å². The van der Waals surface area contributed by atoms with Gasteiger partial charge in [-0.25, -0.2) is 9.67 Å². The Hall–Kier alpha value is -3.28. The third-order valence-electron chi connectivity index (χ3n) is 5.54. The minimum atomic E-state index is 0.0506. The van der Waals surface area contributed by atoms with Gasteiger partial charge in [0.1, 0.15) is 5.75 Å². The Morgan fingerprint density at radius 2 is 1.70 bits per heavy atom. The lowest BCUT2D eigenvalue weighted by atomic mass is 9.98. The topological polar surface area (TPSA) is 57.9 Å². The highest BCUT2D eigenvalue weighted by Gasteiger charge is 2.29. The fraction of sp³-hybridized carbons (Fsp3) is 0.333. The zero-order valence-corrected chi connectivity index (χ0v) is 18.1. The van der Waals surface area contributed by atoms with E-state index in [1.54, 1.807) is 21.3 Å². The summed E-state index contributed by atoms with van der Waals surface area (Å²) in [5.41, 5.74) is 5.43. The van der Waals surface area contributed by atoms with Gasteiger partial charge >= 0.3 is 0 Å². The highest BCUT2D eigenvalue weighted by molar-refractivity contribution is 5.90. The van der Waals surface area contributed by atoms with Crippen LogP contribution in [0.25, 0.3) is 11.1 Å². The quantitative estimate of drug-likeness (QED) is 0.564. The van der Waals surface area contributed by atoms with Gasteiger partial charge in [0.05, 0.1) is 33.1 Å². The lowest BCUT2D eigenvalue weighted by Gasteiger charge is -2.24. The number of methoxy groups -OCH3 is 3. The lowest BCUT2D eigenvalue weighted by Crippen LogP contribution is -2.19. The molecule has 1 atom stereocenters.